The molecule has 26 heavy (non-hydrogen) atoms. The van der Waals surface area contributed by atoms with Gasteiger partial charge in [0.25, 0.3) is 5.91 Å². The molecule has 0 aliphatic carbocycles. The van der Waals surface area contributed by atoms with Crippen molar-refractivity contribution in [1.82, 2.24) is 14.9 Å². The molecule has 0 spiro atoms. The molecule has 3 amide bonds. The van der Waals surface area contributed by atoms with Gasteiger partial charge in [-0.1, -0.05) is 12.1 Å². The minimum absolute atomic E-state index is 0.198. The Morgan fingerprint density at radius 3 is 2.65 bits per heavy atom. The summed E-state index contributed by atoms with van der Waals surface area (Å²) in [6.45, 7) is 0.438. The van der Waals surface area contributed by atoms with Crippen LogP contribution in [-0.4, -0.2) is 26.8 Å². The van der Waals surface area contributed by atoms with Crippen molar-refractivity contribution >= 4 is 29.0 Å². The average Bonchev–Trinajstić information content (AvgIpc) is 3.30. The van der Waals surface area contributed by atoms with Crippen LogP contribution in [0.25, 0.3) is 0 Å². The summed E-state index contributed by atoms with van der Waals surface area (Å²) in [6, 6.07) is 8.57. The Kier molecular flexibility index (Phi) is 4.10. The Bertz CT molecular complexity index is 956. The number of primary amides is 1. The highest BCUT2D eigenvalue weighted by Gasteiger charge is 2.33. The van der Waals surface area contributed by atoms with Crippen molar-refractivity contribution in [3.05, 3.63) is 76.0 Å². The summed E-state index contributed by atoms with van der Waals surface area (Å²) >= 11 is 1.28. The molecule has 0 bridgehead atoms. The number of amides is 3. The molecule has 1 aliphatic heterocycles. The Labute approximate surface area is 153 Å². The number of anilines is 1. The van der Waals surface area contributed by atoms with Crippen LogP contribution in [0.3, 0.4) is 0 Å². The molecule has 8 heteroatoms. The van der Waals surface area contributed by atoms with E-state index in [-0.39, 0.29) is 11.9 Å². The molecule has 1 atom stereocenters. The molecule has 3 aromatic rings. The number of hydrogen-bond donors (Lipinski definition) is 2. The van der Waals surface area contributed by atoms with E-state index in [4.69, 9.17) is 5.73 Å². The van der Waals surface area contributed by atoms with Gasteiger partial charge in [0.05, 0.1) is 24.3 Å². The molecular weight excluding hydrogens is 350 g/mol. The summed E-state index contributed by atoms with van der Waals surface area (Å²) in [6.07, 6.45) is 5.00. The first kappa shape index (κ1) is 16.2. The lowest BCUT2D eigenvalue weighted by Gasteiger charge is -2.24. The number of rotatable bonds is 3. The first-order valence-corrected chi connectivity index (χ1v) is 8.80. The van der Waals surface area contributed by atoms with Crippen molar-refractivity contribution in [3.63, 3.8) is 0 Å². The lowest BCUT2D eigenvalue weighted by atomic mass is 9.99. The van der Waals surface area contributed by atoms with Crippen LogP contribution in [0.1, 0.15) is 32.4 Å². The monoisotopic (exact) mass is 365 g/mol. The highest BCUT2D eigenvalue weighted by molar-refractivity contribution is 7.11. The van der Waals surface area contributed by atoms with Crippen molar-refractivity contribution in [2.45, 2.75) is 12.6 Å². The number of nitrogens with two attached hydrogens (primary N) is 1. The maximum Gasteiger partial charge on any atom is 0.315 e. The summed E-state index contributed by atoms with van der Waals surface area (Å²) < 4.78 is 0. The van der Waals surface area contributed by atoms with Gasteiger partial charge in [-0.05, 0) is 34.9 Å². The molecule has 7 nitrogen and oxygen atoms in total. The summed E-state index contributed by atoms with van der Waals surface area (Å²) in [5, 5.41) is 2.83. The van der Waals surface area contributed by atoms with E-state index in [1.54, 1.807) is 22.8 Å². The molecule has 0 saturated heterocycles. The normalized spacial score (nSPS) is 15.5. The predicted molar refractivity (Wildman–Crippen MR) is 97.7 cm³/mol. The maximum atomic E-state index is 12.1. The molecule has 4 rings (SSSR count). The van der Waals surface area contributed by atoms with Crippen molar-refractivity contribution < 1.29 is 9.59 Å². The number of aromatic nitrogens is 2. The minimum Gasteiger partial charge on any atom is -0.351 e. The summed E-state index contributed by atoms with van der Waals surface area (Å²) in [4.78, 5) is 34.1. The maximum absolute atomic E-state index is 12.1. The van der Waals surface area contributed by atoms with Crippen LogP contribution < -0.4 is 11.1 Å². The van der Waals surface area contributed by atoms with Crippen LogP contribution in [0.4, 0.5) is 10.5 Å². The molecule has 3 N–H and O–H groups in total. The Hall–Kier alpha value is -3.26. The van der Waals surface area contributed by atoms with E-state index in [0.717, 1.165) is 16.7 Å². The molecule has 0 fully saturated rings. The largest absolute Gasteiger partial charge is 0.351 e. The van der Waals surface area contributed by atoms with E-state index in [1.807, 2.05) is 30.3 Å². The zero-order valence-corrected chi connectivity index (χ0v) is 14.4. The van der Waals surface area contributed by atoms with E-state index in [9.17, 15) is 9.59 Å². The van der Waals surface area contributed by atoms with Gasteiger partial charge >= 0.3 is 6.03 Å². The fourth-order valence-corrected chi connectivity index (χ4v) is 3.63. The van der Waals surface area contributed by atoms with Gasteiger partial charge in [0.15, 0.2) is 0 Å². The number of hydrogen-bond acceptors (Lipinski definition) is 5. The summed E-state index contributed by atoms with van der Waals surface area (Å²) in [5.74, 6) is -0.198. The molecule has 130 valence electrons. The second-order valence-corrected chi connectivity index (χ2v) is 6.77. The van der Waals surface area contributed by atoms with Crippen molar-refractivity contribution in [3.8, 4) is 0 Å². The van der Waals surface area contributed by atoms with Gasteiger partial charge < -0.3 is 16.0 Å². The van der Waals surface area contributed by atoms with Crippen LogP contribution in [0, 0.1) is 0 Å². The molecule has 1 aliphatic rings. The van der Waals surface area contributed by atoms with Crippen molar-refractivity contribution in [2.75, 3.05) is 5.32 Å². The first-order chi connectivity index (χ1) is 12.6. The van der Waals surface area contributed by atoms with Crippen LogP contribution in [-0.2, 0) is 6.54 Å². The zero-order valence-electron chi connectivity index (χ0n) is 13.6. The third-order valence-corrected chi connectivity index (χ3v) is 5.08. The number of nitrogens with one attached hydrogen (secondary N) is 1. The van der Waals surface area contributed by atoms with Gasteiger partial charge in [-0.2, -0.15) is 0 Å². The predicted octanol–water partition coefficient (Wildman–Crippen LogP) is 2.77. The number of nitrogens with zero attached hydrogens (tertiary/aromatic N) is 3. The fourth-order valence-electron chi connectivity index (χ4n) is 3.11. The minimum atomic E-state index is -0.478. The van der Waals surface area contributed by atoms with Crippen LogP contribution in [0.15, 0.2) is 54.4 Å². The Morgan fingerprint density at radius 2 is 1.96 bits per heavy atom. The number of fused-ring (bicyclic) bond motifs is 1. The third kappa shape index (κ3) is 2.91. The number of pyridine rings is 1. The molecule has 1 unspecified atom stereocenters. The van der Waals surface area contributed by atoms with Gasteiger partial charge in [0.1, 0.15) is 4.88 Å². The SMILES string of the molecule is NC(=O)N1Cc2cnccc2C1c1ccc(NC(=O)c2cncs2)cc1. The number of carbonyl (C=O) groups excluding carboxylic acids is 2. The van der Waals surface area contributed by atoms with Gasteiger partial charge in [0.2, 0.25) is 0 Å². The standard InChI is InChI=1S/C18H15N5O2S/c19-18(25)23-9-12-7-20-6-5-14(12)16(23)11-1-3-13(4-2-11)22-17(24)15-8-21-10-26-15/h1-8,10,16H,9H2,(H2,19,25)(H,22,24). The van der Waals surface area contributed by atoms with E-state index < -0.39 is 6.03 Å². The smallest absolute Gasteiger partial charge is 0.315 e. The van der Waals surface area contributed by atoms with Gasteiger partial charge in [-0.15, -0.1) is 11.3 Å². The number of benzene rings is 1. The molecular formula is C18H15N5O2S. The van der Waals surface area contributed by atoms with Gasteiger partial charge in [-0.3, -0.25) is 14.8 Å². The quantitative estimate of drug-likeness (QED) is 0.745. The number of urea groups is 1. The number of carbonyl (C=O) groups is 2. The number of thiazole rings is 1. The van der Waals surface area contributed by atoms with Crippen LogP contribution in [0.2, 0.25) is 0 Å². The van der Waals surface area contributed by atoms with E-state index in [2.05, 4.69) is 15.3 Å². The molecule has 0 radical (unpaired) electrons. The lowest BCUT2D eigenvalue weighted by Crippen LogP contribution is -2.34. The lowest BCUT2D eigenvalue weighted by molar-refractivity contribution is 0.103. The fraction of sp³-hybridized carbons (Fsp3) is 0.111. The molecule has 2 aromatic heterocycles. The molecule has 3 heterocycles. The van der Waals surface area contributed by atoms with Crippen molar-refractivity contribution in [2.24, 2.45) is 5.73 Å². The Balaban J connectivity index is 1.59. The highest BCUT2D eigenvalue weighted by Crippen LogP contribution is 2.38. The third-order valence-electron chi connectivity index (χ3n) is 4.31. The van der Waals surface area contributed by atoms with Gasteiger partial charge in [0, 0.05) is 18.1 Å². The van der Waals surface area contributed by atoms with E-state index in [0.29, 0.717) is 17.1 Å². The van der Waals surface area contributed by atoms with Gasteiger partial charge in [-0.25, -0.2) is 4.79 Å². The first-order valence-electron chi connectivity index (χ1n) is 7.92. The van der Waals surface area contributed by atoms with Crippen LogP contribution >= 0.6 is 11.3 Å². The van der Waals surface area contributed by atoms with E-state index >= 15 is 0 Å². The zero-order chi connectivity index (χ0) is 18.1. The highest BCUT2D eigenvalue weighted by atomic mass is 32.1. The summed E-state index contributed by atoms with van der Waals surface area (Å²) in [5.41, 5.74) is 10.8. The average molecular weight is 365 g/mol. The van der Waals surface area contributed by atoms with Crippen molar-refractivity contribution in [1.29, 1.82) is 0 Å². The van der Waals surface area contributed by atoms with E-state index in [1.165, 1.54) is 17.5 Å². The molecule has 0 saturated carbocycles. The Morgan fingerprint density at radius 1 is 1.15 bits per heavy atom. The molecule has 1 aromatic carbocycles. The topological polar surface area (TPSA) is 101 Å². The second kappa shape index (κ2) is 6.57. The second-order valence-electron chi connectivity index (χ2n) is 5.88. The summed E-state index contributed by atoms with van der Waals surface area (Å²) in [7, 11) is 0. The van der Waals surface area contributed by atoms with Crippen LogP contribution in [0.5, 0.6) is 0 Å².